The third-order valence-corrected chi connectivity index (χ3v) is 13.5. The monoisotopic (exact) mass is 1120 g/mol. The fourth-order valence-corrected chi connectivity index (χ4v) is 9.25. The van der Waals surface area contributed by atoms with Gasteiger partial charge in [0.15, 0.2) is 0 Å². The van der Waals surface area contributed by atoms with Gasteiger partial charge in [-0.3, -0.25) is 0 Å². The van der Waals surface area contributed by atoms with E-state index in [0.717, 1.165) is 55.7 Å². The molecular formula is C65H65N4OPt-3. The summed E-state index contributed by atoms with van der Waals surface area (Å²) in [5, 5.41) is 1.95. The molecule has 0 unspecified atom stereocenters. The predicted molar refractivity (Wildman–Crippen MR) is 295 cm³/mol. The molecule has 0 atom stereocenters. The van der Waals surface area contributed by atoms with Crippen LogP contribution in [0.2, 0.25) is 0 Å². The van der Waals surface area contributed by atoms with Crippen LogP contribution in [0.5, 0.6) is 11.5 Å². The van der Waals surface area contributed by atoms with Crippen molar-refractivity contribution in [2.24, 2.45) is 0 Å². The van der Waals surface area contributed by atoms with Gasteiger partial charge in [-0.05, 0) is 115 Å². The second-order valence-corrected chi connectivity index (χ2v) is 22.9. The Morgan fingerprint density at radius 3 is 1.75 bits per heavy atom. The van der Waals surface area contributed by atoms with E-state index in [1.165, 1.54) is 22.3 Å². The SMILES string of the molecule is [2H]c1c([2H])c([2H])c(-c2cnc(-n3c4[c-]c(Oc5[c-]c(N6[CH-]N(c7cc(C(C)(C)C)cc(C(C)(C)C)c7)c7ccccc76)ccc5)ccc4c4cc(-c5cc(C(C)(C)C)cc(C(C)(C)C)c5)ccc43)cc2C)c([2H])c1[2H].[Pt]. The first kappa shape index (κ1) is 43.4. The number of rotatable bonds is 7. The zero-order chi connectivity index (χ0) is 53.8. The van der Waals surface area contributed by atoms with Crippen LogP contribution in [0.15, 0.2) is 152 Å². The standard InChI is InChI=1S/C65H65N4O.Pt/c1-42-30-61(66-40-56(42)43-20-15-14-16-21-43)69-57-29-26-44(45-31-46(62(2,3)4)34-47(32-45)63(5,6)7)33-55(57)54-28-27-53(39-60(54)69)70-52-23-19-22-50(38-52)67-41-68(59-25-18-17-24-58(59)67)51-36-48(64(8,9)10)35-49(37-51)65(11,12)13;/h14-37,40-41H,1-13H3;/q-3;/i14D,15D,16D,20D,21D;. The summed E-state index contributed by atoms with van der Waals surface area (Å²) in [6.07, 6.45) is 1.61. The van der Waals surface area contributed by atoms with Crippen molar-refractivity contribution in [2.45, 2.75) is 112 Å². The van der Waals surface area contributed by atoms with Crippen LogP contribution in [-0.4, -0.2) is 9.55 Å². The van der Waals surface area contributed by atoms with E-state index >= 15 is 0 Å². The number of hydrogen-bond acceptors (Lipinski definition) is 4. The summed E-state index contributed by atoms with van der Waals surface area (Å²) >= 11 is 0. The minimum absolute atomic E-state index is 0. The van der Waals surface area contributed by atoms with Crippen molar-refractivity contribution in [2.75, 3.05) is 9.80 Å². The Labute approximate surface area is 443 Å². The molecule has 0 saturated heterocycles. The molecule has 0 N–H and O–H groups in total. The molecule has 0 spiro atoms. The average Bonchev–Trinajstić information content (AvgIpc) is 3.91. The van der Waals surface area contributed by atoms with E-state index in [2.05, 4.69) is 201 Å². The summed E-state index contributed by atoms with van der Waals surface area (Å²) in [6, 6.07) is 46.2. The molecule has 0 aliphatic carbocycles. The second kappa shape index (κ2) is 18.3. The van der Waals surface area contributed by atoms with Gasteiger partial charge in [0.05, 0.1) is 6.85 Å². The first-order chi connectivity index (χ1) is 35.2. The quantitative estimate of drug-likeness (QED) is 0.149. The Hall–Kier alpha value is -6.42. The number of anilines is 4. The van der Waals surface area contributed by atoms with Gasteiger partial charge in [-0.1, -0.05) is 167 Å². The summed E-state index contributed by atoms with van der Waals surface area (Å²) in [5.74, 6) is 1.59. The molecule has 1 aliphatic rings. The Bertz CT molecular complexity index is 3670. The van der Waals surface area contributed by atoms with E-state index < -0.39 is 6.04 Å². The van der Waals surface area contributed by atoms with Gasteiger partial charge in [0.25, 0.3) is 0 Å². The van der Waals surface area contributed by atoms with Crippen molar-refractivity contribution < 1.29 is 32.7 Å². The third-order valence-electron chi connectivity index (χ3n) is 13.5. The molecule has 0 radical (unpaired) electrons. The van der Waals surface area contributed by atoms with Crippen LogP contribution in [-0.2, 0) is 42.7 Å². The van der Waals surface area contributed by atoms with Gasteiger partial charge >= 0.3 is 0 Å². The molecule has 0 saturated carbocycles. The number of aryl methyl sites for hydroxylation is 1. The fraction of sp³-hybridized carbons (Fsp3) is 0.262. The van der Waals surface area contributed by atoms with Crippen molar-refractivity contribution >= 4 is 44.6 Å². The largest absolute Gasteiger partial charge is 0.509 e. The fourth-order valence-electron chi connectivity index (χ4n) is 9.25. The zero-order valence-corrected chi connectivity index (χ0v) is 45.4. The molecule has 6 heteroatoms. The van der Waals surface area contributed by atoms with Crippen molar-refractivity contribution in [3.05, 3.63) is 198 Å². The van der Waals surface area contributed by atoms with Crippen LogP contribution in [0.4, 0.5) is 22.7 Å². The molecule has 3 heterocycles. The van der Waals surface area contributed by atoms with Gasteiger partial charge in [0, 0.05) is 66.9 Å². The number of hydrogen-bond donors (Lipinski definition) is 0. The molecule has 71 heavy (non-hydrogen) atoms. The molecule has 0 fully saturated rings. The van der Waals surface area contributed by atoms with Crippen LogP contribution in [0.3, 0.4) is 0 Å². The molecule has 9 aromatic rings. The van der Waals surface area contributed by atoms with E-state index in [1.54, 1.807) is 6.20 Å². The van der Waals surface area contributed by atoms with E-state index in [1.807, 2.05) is 37.3 Å². The number of ether oxygens (including phenoxy) is 1. The van der Waals surface area contributed by atoms with E-state index in [4.69, 9.17) is 16.6 Å². The van der Waals surface area contributed by atoms with Gasteiger partial charge in [-0.25, -0.2) is 4.98 Å². The molecule has 364 valence electrons. The van der Waals surface area contributed by atoms with E-state index in [0.29, 0.717) is 28.4 Å². The summed E-state index contributed by atoms with van der Waals surface area (Å²) < 4.78 is 51.2. The number of aromatic nitrogens is 2. The van der Waals surface area contributed by atoms with Crippen molar-refractivity contribution in [1.29, 1.82) is 0 Å². The zero-order valence-electron chi connectivity index (χ0n) is 48.1. The minimum Gasteiger partial charge on any atom is -0.509 e. The molecule has 0 amide bonds. The Kier molecular flexibility index (Phi) is 11.2. The van der Waals surface area contributed by atoms with Gasteiger partial charge in [0.2, 0.25) is 0 Å². The molecule has 10 rings (SSSR count). The van der Waals surface area contributed by atoms with Crippen molar-refractivity contribution in [1.82, 2.24) is 9.55 Å². The van der Waals surface area contributed by atoms with Crippen molar-refractivity contribution in [3.63, 3.8) is 0 Å². The Morgan fingerprint density at radius 1 is 0.549 bits per heavy atom. The van der Waals surface area contributed by atoms with Crippen LogP contribution in [0, 0.1) is 25.7 Å². The maximum atomic E-state index is 8.74. The smallest absolute Gasteiger partial charge is 0.135 e. The average molecular weight is 1120 g/mol. The summed E-state index contributed by atoms with van der Waals surface area (Å²) in [5.41, 5.74) is 14.0. The molecular weight excluding hydrogens is 1050 g/mol. The molecule has 2 aromatic heterocycles. The normalized spacial score (nSPS) is 14.2. The topological polar surface area (TPSA) is 33.5 Å². The van der Waals surface area contributed by atoms with Crippen LogP contribution >= 0.6 is 0 Å². The first-order valence-corrected chi connectivity index (χ1v) is 24.3. The van der Waals surface area contributed by atoms with Gasteiger partial charge < -0.3 is 19.1 Å². The Morgan fingerprint density at radius 2 is 1.14 bits per heavy atom. The number of benzene rings is 7. The molecule has 1 aliphatic heterocycles. The van der Waals surface area contributed by atoms with Crippen LogP contribution in [0.1, 0.15) is 118 Å². The van der Waals surface area contributed by atoms with Crippen molar-refractivity contribution in [3.8, 4) is 39.6 Å². The summed E-state index contributed by atoms with van der Waals surface area (Å²) in [4.78, 5) is 9.41. The minimum atomic E-state index is -0.433. The predicted octanol–water partition coefficient (Wildman–Crippen LogP) is 17.8. The number of nitrogens with zero attached hydrogens (tertiary/aromatic N) is 4. The number of para-hydroxylation sites is 2. The number of pyridine rings is 1. The van der Waals surface area contributed by atoms with E-state index in [9.17, 15) is 0 Å². The molecule has 0 bridgehead atoms. The molecule has 7 aromatic carbocycles. The Balaban J connectivity index is 0.00000706. The van der Waals surface area contributed by atoms with Crippen LogP contribution < -0.4 is 14.5 Å². The maximum absolute atomic E-state index is 8.74. The number of fused-ring (bicyclic) bond motifs is 4. The van der Waals surface area contributed by atoms with Gasteiger partial charge in [0.1, 0.15) is 5.82 Å². The van der Waals surface area contributed by atoms with Gasteiger partial charge in [-0.2, -0.15) is 12.1 Å². The summed E-state index contributed by atoms with van der Waals surface area (Å²) in [7, 11) is 0. The second-order valence-electron chi connectivity index (χ2n) is 22.9. The first-order valence-electron chi connectivity index (χ1n) is 26.8. The van der Waals surface area contributed by atoms with Crippen LogP contribution in [0.25, 0.3) is 49.9 Å². The molecule has 5 nitrogen and oxygen atoms in total. The van der Waals surface area contributed by atoms with E-state index in [-0.39, 0.29) is 72.5 Å². The maximum Gasteiger partial charge on any atom is 0.135 e. The van der Waals surface area contributed by atoms with Gasteiger partial charge in [-0.15, -0.1) is 48.1 Å². The third kappa shape index (κ3) is 9.71. The summed E-state index contributed by atoms with van der Waals surface area (Å²) in [6.45, 7) is 31.1.